The molecular formula is C18H33NO. The molecule has 0 bridgehead atoms. The Kier molecular flexibility index (Phi) is 8.94. The first kappa shape index (κ1) is 17.5. The molecule has 0 spiro atoms. The van der Waals surface area contributed by atoms with Crippen LogP contribution in [0.5, 0.6) is 0 Å². The monoisotopic (exact) mass is 279 g/mol. The lowest BCUT2D eigenvalue weighted by Gasteiger charge is -2.30. The molecule has 1 aliphatic carbocycles. The summed E-state index contributed by atoms with van der Waals surface area (Å²) in [4.78, 5) is 0. The van der Waals surface area contributed by atoms with Gasteiger partial charge in [-0.05, 0) is 19.3 Å². The Morgan fingerprint density at radius 1 is 0.950 bits per heavy atom. The summed E-state index contributed by atoms with van der Waals surface area (Å²) >= 11 is 0. The average molecular weight is 279 g/mol. The van der Waals surface area contributed by atoms with Gasteiger partial charge in [0, 0.05) is 0 Å². The molecule has 2 heteroatoms. The molecule has 2 nitrogen and oxygen atoms in total. The zero-order valence-corrected chi connectivity index (χ0v) is 13.4. The Hall–Kier alpha value is -0.550. The molecule has 1 fully saturated rings. The molecule has 0 aromatic heterocycles. The molecule has 0 aromatic carbocycles. The predicted octanol–water partition coefficient (Wildman–Crippen LogP) is 5.35. The van der Waals surface area contributed by atoms with Crippen molar-refractivity contribution in [3.63, 3.8) is 0 Å². The van der Waals surface area contributed by atoms with Crippen LogP contribution in [0.2, 0.25) is 0 Å². The van der Waals surface area contributed by atoms with Crippen LogP contribution in [-0.4, -0.2) is 11.2 Å². The first-order chi connectivity index (χ1) is 9.75. The van der Waals surface area contributed by atoms with Crippen molar-refractivity contribution in [2.24, 2.45) is 5.41 Å². The maximum atomic E-state index is 10.5. The molecule has 1 aliphatic rings. The summed E-state index contributed by atoms with van der Waals surface area (Å²) in [5.74, 6) is 0. The third-order valence-corrected chi connectivity index (χ3v) is 4.94. The van der Waals surface area contributed by atoms with Crippen molar-refractivity contribution in [2.75, 3.05) is 0 Å². The van der Waals surface area contributed by atoms with E-state index in [1.165, 1.54) is 51.4 Å². The highest BCUT2D eigenvalue weighted by molar-refractivity contribution is 5.04. The van der Waals surface area contributed by atoms with Crippen LogP contribution >= 0.6 is 0 Å². The van der Waals surface area contributed by atoms with E-state index in [2.05, 4.69) is 13.0 Å². The first-order valence-corrected chi connectivity index (χ1v) is 8.84. The number of aliphatic hydroxyl groups is 1. The van der Waals surface area contributed by atoms with Gasteiger partial charge >= 0.3 is 0 Å². The van der Waals surface area contributed by atoms with Gasteiger partial charge in [0.15, 0.2) is 0 Å². The van der Waals surface area contributed by atoms with E-state index in [9.17, 15) is 10.4 Å². The third kappa shape index (κ3) is 5.83. The Morgan fingerprint density at radius 3 is 2.05 bits per heavy atom. The van der Waals surface area contributed by atoms with Crippen LogP contribution in [-0.2, 0) is 0 Å². The van der Waals surface area contributed by atoms with E-state index in [1.54, 1.807) is 0 Å². The minimum Gasteiger partial charge on any atom is -0.391 e. The van der Waals surface area contributed by atoms with Crippen LogP contribution in [0.15, 0.2) is 0 Å². The van der Waals surface area contributed by atoms with E-state index >= 15 is 0 Å². The average Bonchev–Trinajstić information content (AvgIpc) is 2.72. The molecule has 1 N–H and O–H groups in total. The Labute approximate surface area is 125 Å². The van der Waals surface area contributed by atoms with Gasteiger partial charge in [-0.15, -0.1) is 0 Å². The molecule has 1 atom stereocenters. The van der Waals surface area contributed by atoms with Crippen molar-refractivity contribution in [2.45, 2.75) is 103 Å². The number of nitriles is 1. The van der Waals surface area contributed by atoms with Crippen molar-refractivity contribution >= 4 is 0 Å². The Bertz CT molecular complexity index is 274. The van der Waals surface area contributed by atoms with Gasteiger partial charge in [0.05, 0.1) is 17.6 Å². The highest BCUT2D eigenvalue weighted by Gasteiger charge is 2.37. The molecule has 20 heavy (non-hydrogen) atoms. The molecule has 0 aliphatic heterocycles. The van der Waals surface area contributed by atoms with Gasteiger partial charge < -0.3 is 5.11 Å². The minimum absolute atomic E-state index is 0.402. The summed E-state index contributed by atoms with van der Waals surface area (Å²) in [7, 11) is 0. The van der Waals surface area contributed by atoms with Crippen LogP contribution in [0.1, 0.15) is 96.8 Å². The molecule has 1 saturated carbocycles. The zero-order chi connectivity index (χ0) is 14.7. The van der Waals surface area contributed by atoms with Crippen LogP contribution in [0.25, 0.3) is 0 Å². The fourth-order valence-electron chi connectivity index (χ4n) is 3.45. The summed E-state index contributed by atoms with van der Waals surface area (Å²) in [6.07, 6.45) is 15.8. The van der Waals surface area contributed by atoms with Crippen molar-refractivity contribution in [3.8, 4) is 6.07 Å². The summed E-state index contributed by atoms with van der Waals surface area (Å²) in [5.41, 5.74) is -0.432. The minimum atomic E-state index is -0.432. The van der Waals surface area contributed by atoms with E-state index in [1.807, 2.05) is 0 Å². The highest BCUT2D eigenvalue weighted by atomic mass is 16.3. The molecular weight excluding hydrogens is 246 g/mol. The maximum absolute atomic E-state index is 10.5. The molecule has 1 unspecified atom stereocenters. The molecule has 116 valence electrons. The second-order valence-corrected chi connectivity index (χ2v) is 6.61. The second kappa shape index (κ2) is 10.2. The fourth-order valence-corrected chi connectivity index (χ4v) is 3.45. The van der Waals surface area contributed by atoms with Crippen LogP contribution in [0, 0.1) is 16.7 Å². The fraction of sp³-hybridized carbons (Fsp3) is 0.944. The van der Waals surface area contributed by atoms with Crippen LogP contribution in [0.3, 0.4) is 0 Å². The number of rotatable bonds is 9. The molecule has 0 amide bonds. The second-order valence-electron chi connectivity index (χ2n) is 6.61. The van der Waals surface area contributed by atoms with Crippen molar-refractivity contribution in [1.29, 1.82) is 5.26 Å². The predicted molar refractivity (Wildman–Crippen MR) is 84.4 cm³/mol. The number of unbranched alkanes of at least 4 members (excludes halogenated alkanes) is 6. The molecule has 1 rings (SSSR count). The number of nitrogens with zero attached hydrogens (tertiary/aromatic N) is 1. The van der Waals surface area contributed by atoms with E-state index in [-0.39, 0.29) is 0 Å². The number of hydrogen-bond acceptors (Lipinski definition) is 2. The van der Waals surface area contributed by atoms with Gasteiger partial charge in [-0.2, -0.15) is 5.26 Å². The summed E-state index contributed by atoms with van der Waals surface area (Å²) in [5, 5.41) is 20.0. The summed E-state index contributed by atoms with van der Waals surface area (Å²) < 4.78 is 0. The van der Waals surface area contributed by atoms with Gasteiger partial charge in [0.1, 0.15) is 0 Å². The lowest BCUT2D eigenvalue weighted by Crippen LogP contribution is -2.33. The summed E-state index contributed by atoms with van der Waals surface area (Å²) in [6.45, 7) is 2.24. The van der Waals surface area contributed by atoms with Gasteiger partial charge in [-0.25, -0.2) is 0 Å². The SMILES string of the molecule is CCCCCCCCCC(O)C1(C#N)CCCCCC1. The number of hydrogen-bond donors (Lipinski definition) is 1. The molecule has 0 saturated heterocycles. The van der Waals surface area contributed by atoms with Crippen molar-refractivity contribution in [1.82, 2.24) is 0 Å². The third-order valence-electron chi connectivity index (χ3n) is 4.94. The Balaban J connectivity index is 2.22. The van der Waals surface area contributed by atoms with Gasteiger partial charge in [0.25, 0.3) is 0 Å². The van der Waals surface area contributed by atoms with E-state index in [0.717, 1.165) is 38.5 Å². The lowest BCUT2D eigenvalue weighted by atomic mass is 9.75. The molecule has 0 heterocycles. The number of aliphatic hydroxyl groups excluding tert-OH is 1. The van der Waals surface area contributed by atoms with E-state index in [4.69, 9.17) is 0 Å². The van der Waals surface area contributed by atoms with E-state index in [0.29, 0.717) is 0 Å². The maximum Gasteiger partial charge on any atom is 0.0832 e. The van der Waals surface area contributed by atoms with Gasteiger partial charge in [-0.1, -0.05) is 77.6 Å². The normalized spacial score (nSPS) is 20.1. The molecule has 0 aromatic rings. The Morgan fingerprint density at radius 2 is 1.50 bits per heavy atom. The van der Waals surface area contributed by atoms with Gasteiger partial charge in [-0.3, -0.25) is 0 Å². The zero-order valence-electron chi connectivity index (χ0n) is 13.4. The van der Waals surface area contributed by atoms with Crippen LogP contribution < -0.4 is 0 Å². The standard InChI is InChI=1S/C18H33NO/c1-2-3-4-5-6-7-10-13-17(20)18(16-19)14-11-8-9-12-15-18/h17,20H,2-15H2,1H3. The quantitative estimate of drug-likeness (QED) is 0.456. The highest BCUT2D eigenvalue weighted by Crippen LogP contribution is 2.39. The van der Waals surface area contributed by atoms with Crippen molar-refractivity contribution in [3.05, 3.63) is 0 Å². The largest absolute Gasteiger partial charge is 0.391 e. The lowest BCUT2D eigenvalue weighted by molar-refractivity contribution is 0.0433. The van der Waals surface area contributed by atoms with E-state index < -0.39 is 11.5 Å². The molecule has 0 radical (unpaired) electrons. The summed E-state index contributed by atoms with van der Waals surface area (Å²) in [6, 6.07) is 2.48. The van der Waals surface area contributed by atoms with Crippen molar-refractivity contribution < 1.29 is 5.11 Å². The first-order valence-electron chi connectivity index (χ1n) is 8.84. The topological polar surface area (TPSA) is 44.0 Å². The smallest absolute Gasteiger partial charge is 0.0832 e. The van der Waals surface area contributed by atoms with Crippen LogP contribution in [0.4, 0.5) is 0 Å². The van der Waals surface area contributed by atoms with Gasteiger partial charge in [0.2, 0.25) is 0 Å².